The van der Waals surface area contributed by atoms with E-state index in [2.05, 4.69) is 44.7 Å². The van der Waals surface area contributed by atoms with Crippen molar-refractivity contribution >= 4 is 11.4 Å². The molecule has 0 saturated carbocycles. The summed E-state index contributed by atoms with van der Waals surface area (Å²) in [4.78, 5) is 2.46. The Morgan fingerprint density at radius 2 is 1.95 bits per heavy atom. The van der Waals surface area contributed by atoms with Gasteiger partial charge in [-0.05, 0) is 38.3 Å². The first-order valence-corrected chi connectivity index (χ1v) is 7.92. The highest BCUT2D eigenvalue weighted by Gasteiger charge is 2.14. The SMILES string of the molecule is CCCCN(c1ccc(N)c(OCCC)c1)C(C)CC. The van der Waals surface area contributed by atoms with Crippen molar-refractivity contribution in [3.05, 3.63) is 18.2 Å². The van der Waals surface area contributed by atoms with Crippen LogP contribution in [0.25, 0.3) is 0 Å². The van der Waals surface area contributed by atoms with Crippen LogP contribution in [0.3, 0.4) is 0 Å². The lowest BCUT2D eigenvalue weighted by Gasteiger charge is -2.31. The van der Waals surface area contributed by atoms with Crippen LogP contribution in [0.2, 0.25) is 0 Å². The molecule has 3 nitrogen and oxygen atoms in total. The maximum absolute atomic E-state index is 6.00. The summed E-state index contributed by atoms with van der Waals surface area (Å²) >= 11 is 0. The third-order valence-corrected chi connectivity index (χ3v) is 3.67. The minimum absolute atomic E-state index is 0.532. The molecule has 0 radical (unpaired) electrons. The topological polar surface area (TPSA) is 38.5 Å². The lowest BCUT2D eigenvalue weighted by atomic mass is 10.1. The van der Waals surface area contributed by atoms with Gasteiger partial charge in [-0.25, -0.2) is 0 Å². The predicted octanol–water partition coefficient (Wildman–Crippen LogP) is 4.46. The Balaban J connectivity index is 2.94. The summed E-state index contributed by atoms with van der Waals surface area (Å²) in [6, 6.07) is 6.69. The average molecular weight is 278 g/mol. The van der Waals surface area contributed by atoms with Crippen LogP contribution in [0.4, 0.5) is 11.4 Å². The predicted molar refractivity (Wildman–Crippen MR) is 88.6 cm³/mol. The molecule has 2 N–H and O–H groups in total. The molecule has 20 heavy (non-hydrogen) atoms. The lowest BCUT2D eigenvalue weighted by Crippen LogP contribution is -2.33. The van der Waals surface area contributed by atoms with E-state index in [9.17, 15) is 0 Å². The van der Waals surface area contributed by atoms with Crippen LogP contribution in [-0.2, 0) is 0 Å². The van der Waals surface area contributed by atoms with Crippen molar-refractivity contribution < 1.29 is 4.74 Å². The molecule has 1 aromatic rings. The zero-order valence-corrected chi connectivity index (χ0v) is 13.5. The van der Waals surface area contributed by atoms with E-state index in [1.54, 1.807) is 0 Å². The van der Waals surface area contributed by atoms with Crippen molar-refractivity contribution in [1.82, 2.24) is 0 Å². The van der Waals surface area contributed by atoms with Crippen molar-refractivity contribution in [1.29, 1.82) is 0 Å². The maximum Gasteiger partial charge on any atom is 0.144 e. The number of nitrogens with two attached hydrogens (primary N) is 1. The molecule has 0 bridgehead atoms. The molecule has 0 heterocycles. The van der Waals surface area contributed by atoms with Gasteiger partial charge in [0.1, 0.15) is 5.75 Å². The van der Waals surface area contributed by atoms with Crippen LogP contribution >= 0.6 is 0 Å². The monoisotopic (exact) mass is 278 g/mol. The number of anilines is 2. The first-order valence-electron chi connectivity index (χ1n) is 7.92. The van der Waals surface area contributed by atoms with Gasteiger partial charge >= 0.3 is 0 Å². The van der Waals surface area contributed by atoms with E-state index in [1.165, 1.54) is 18.5 Å². The molecule has 114 valence electrons. The van der Waals surface area contributed by atoms with Gasteiger partial charge < -0.3 is 15.4 Å². The fourth-order valence-electron chi connectivity index (χ4n) is 2.19. The smallest absolute Gasteiger partial charge is 0.144 e. The highest BCUT2D eigenvalue weighted by Crippen LogP contribution is 2.29. The number of nitrogen functional groups attached to an aromatic ring is 1. The van der Waals surface area contributed by atoms with Crippen LogP contribution < -0.4 is 15.4 Å². The van der Waals surface area contributed by atoms with Crippen LogP contribution in [0.5, 0.6) is 5.75 Å². The van der Waals surface area contributed by atoms with Crippen molar-refractivity contribution in [2.75, 3.05) is 23.8 Å². The summed E-state index contributed by atoms with van der Waals surface area (Å²) < 4.78 is 5.74. The van der Waals surface area contributed by atoms with Crippen molar-refractivity contribution in [3.8, 4) is 5.75 Å². The van der Waals surface area contributed by atoms with Crippen LogP contribution in [0.1, 0.15) is 53.4 Å². The van der Waals surface area contributed by atoms with Gasteiger partial charge in [-0.1, -0.05) is 27.2 Å². The molecule has 0 aromatic heterocycles. The van der Waals surface area contributed by atoms with E-state index in [-0.39, 0.29) is 0 Å². The Morgan fingerprint density at radius 1 is 1.20 bits per heavy atom. The zero-order valence-electron chi connectivity index (χ0n) is 13.5. The Hall–Kier alpha value is -1.38. The summed E-state index contributed by atoms with van der Waals surface area (Å²) in [5.41, 5.74) is 7.94. The molecule has 0 aliphatic rings. The number of unbranched alkanes of at least 4 members (excludes halogenated alkanes) is 1. The normalized spacial score (nSPS) is 12.2. The lowest BCUT2D eigenvalue weighted by molar-refractivity contribution is 0.319. The summed E-state index contributed by atoms with van der Waals surface area (Å²) in [6.07, 6.45) is 4.55. The molecule has 1 aromatic carbocycles. The highest BCUT2D eigenvalue weighted by atomic mass is 16.5. The standard InChI is InChI=1S/C17H30N2O/c1-5-8-11-19(14(4)7-3)15-9-10-16(18)17(13-15)20-12-6-2/h9-10,13-14H,5-8,11-12,18H2,1-4H3. The van der Waals surface area contributed by atoms with E-state index >= 15 is 0 Å². The van der Waals surface area contributed by atoms with Gasteiger partial charge in [-0.3, -0.25) is 0 Å². The minimum Gasteiger partial charge on any atom is -0.491 e. The molecule has 0 aliphatic carbocycles. The van der Waals surface area contributed by atoms with E-state index in [0.717, 1.165) is 30.8 Å². The second kappa shape index (κ2) is 8.72. The summed E-state index contributed by atoms with van der Waals surface area (Å²) in [7, 11) is 0. The summed E-state index contributed by atoms with van der Waals surface area (Å²) in [6.45, 7) is 10.6. The number of nitrogens with zero attached hydrogens (tertiary/aromatic N) is 1. The Labute approximate surface area is 124 Å². The third-order valence-electron chi connectivity index (χ3n) is 3.67. The van der Waals surface area contributed by atoms with Gasteiger partial charge in [0.2, 0.25) is 0 Å². The quantitative estimate of drug-likeness (QED) is 0.678. The molecule has 1 unspecified atom stereocenters. The summed E-state index contributed by atoms with van der Waals surface area (Å²) in [5.74, 6) is 0.814. The number of benzene rings is 1. The second-order valence-corrected chi connectivity index (χ2v) is 5.37. The maximum atomic E-state index is 6.00. The van der Waals surface area contributed by atoms with Gasteiger partial charge in [-0.15, -0.1) is 0 Å². The number of ether oxygens (including phenoxy) is 1. The van der Waals surface area contributed by atoms with Crippen molar-refractivity contribution in [2.45, 2.75) is 59.4 Å². The number of rotatable bonds is 9. The van der Waals surface area contributed by atoms with Crippen LogP contribution in [0.15, 0.2) is 18.2 Å². The first kappa shape index (κ1) is 16.7. The zero-order chi connectivity index (χ0) is 15.0. The molecular weight excluding hydrogens is 248 g/mol. The fourth-order valence-corrected chi connectivity index (χ4v) is 2.19. The van der Waals surface area contributed by atoms with E-state index in [1.807, 2.05) is 6.07 Å². The third kappa shape index (κ3) is 4.62. The molecule has 0 aliphatic heterocycles. The van der Waals surface area contributed by atoms with Crippen molar-refractivity contribution in [3.63, 3.8) is 0 Å². The Morgan fingerprint density at radius 3 is 2.55 bits per heavy atom. The van der Waals surface area contributed by atoms with Crippen LogP contribution in [0, 0.1) is 0 Å². The van der Waals surface area contributed by atoms with E-state index in [4.69, 9.17) is 10.5 Å². The van der Waals surface area contributed by atoms with E-state index in [0.29, 0.717) is 12.6 Å². The second-order valence-electron chi connectivity index (χ2n) is 5.37. The van der Waals surface area contributed by atoms with Gasteiger partial charge in [0.25, 0.3) is 0 Å². The molecular formula is C17H30N2O. The number of hydrogen-bond donors (Lipinski definition) is 1. The Bertz CT molecular complexity index is 393. The van der Waals surface area contributed by atoms with Gasteiger partial charge in [0.05, 0.1) is 12.3 Å². The molecule has 0 saturated heterocycles. The number of hydrogen-bond acceptors (Lipinski definition) is 3. The molecule has 1 atom stereocenters. The molecule has 1 rings (SSSR count). The average Bonchev–Trinajstić information content (AvgIpc) is 2.47. The first-order chi connectivity index (χ1) is 9.63. The molecule has 0 fully saturated rings. The van der Waals surface area contributed by atoms with E-state index < -0.39 is 0 Å². The molecule has 0 spiro atoms. The molecule has 3 heteroatoms. The van der Waals surface area contributed by atoms with Gasteiger partial charge in [0, 0.05) is 24.3 Å². The fraction of sp³-hybridized carbons (Fsp3) is 0.647. The van der Waals surface area contributed by atoms with Crippen molar-refractivity contribution in [2.24, 2.45) is 0 Å². The largest absolute Gasteiger partial charge is 0.491 e. The molecule has 0 amide bonds. The van der Waals surface area contributed by atoms with Gasteiger partial charge in [-0.2, -0.15) is 0 Å². The summed E-state index contributed by atoms with van der Waals surface area (Å²) in [5, 5.41) is 0. The van der Waals surface area contributed by atoms with Crippen LogP contribution in [-0.4, -0.2) is 19.2 Å². The van der Waals surface area contributed by atoms with Gasteiger partial charge in [0.15, 0.2) is 0 Å². The highest BCUT2D eigenvalue weighted by molar-refractivity contribution is 5.62. The Kier molecular flexibility index (Phi) is 7.27. The minimum atomic E-state index is 0.532.